The molecule has 7 heteroatoms. The number of carboxylic acids is 1. The van der Waals surface area contributed by atoms with Gasteiger partial charge in [-0.15, -0.1) is 11.3 Å². The first kappa shape index (κ1) is 23.3. The Morgan fingerprint density at radius 3 is 2.67 bits per heavy atom. The minimum Gasteiger partial charge on any atom is -0.496 e. The Morgan fingerprint density at radius 2 is 1.86 bits per heavy atom. The number of ketones is 1. The maximum absolute atomic E-state index is 13.1. The van der Waals surface area contributed by atoms with Gasteiger partial charge in [0, 0.05) is 43.9 Å². The number of carboxylic acid groups (broad SMARTS) is 1. The number of carbonyl (C=O) groups is 2. The summed E-state index contributed by atoms with van der Waals surface area (Å²) in [6, 6.07) is 22.7. The average molecular weight is 496 g/mol. The first-order valence-corrected chi connectivity index (χ1v) is 12.0. The highest BCUT2D eigenvalue weighted by atomic mass is 32.1. The van der Waals surface area contributed by atoms with Gasteiger partial charge in [0.25, 0.3) is 0 Å². The fourth-order valence-electron chi connectivity index (χ4n) is 4.02. The number of hydrogen-bond donors (Lipinski definition) is 1. The van der Waals surface area contributed by atoms with Crippen LogP contribution in [0.1, 0.15) is 15.9 Å². The standard InChI is InChI=1S/C29H21NO5S/c1-34-26-16-25(35-17-29(32)33)18(14-22(26)28-15-19-6-2-3-10-27(19)36-28)11-12-24(31)21-7-4-9-23-20(21)8-5-13-30-23/h2-16H,17H2,1H3,(H,32,33)/b12-11+. The number of methoxy groups -OCH3 is 1. The molecule has 0 fully saturated rings. The number of allylic oxidation sites excluding steroid dienone is 1. The van der Waals surface area contributed by atoms with Crippen molar-refractivity contribution < 1.29 is 24.2 Å². The molecule has 2 aromatic heterocycles. The lowest BCUT2D eigenvalue weighted by Gasteiger charge is -2.13. The van der Waals surface area contributed by atoms with Crippen LogP contribution in [0.2, 0.25) is 0 Å². The van der Waals surface area contributed by atoms with Crippen molar-refractivity contribution in [2.45, 2.75) is 0 Å². The number of ether oxygens (including phenoxy) is 2. The third-order valence-corrected chi connectivity index (χ3v) is 6.85. The van der Waals surface area contributed by atoms with E-state index in [-0.39, 0.29) is 5.78 Å². The van der Waals surface area contributed by atoms with Crippen LogP contribution in [0.3, 0.4) is 0 Å². The molecule has 0 saturated carbocycles. The Bertz CT molecular complexity index is 1600. The zero-order chi connectivity index (χ0) is 25.1. The molecule has 6 nitrogen and oxygen atoms in total. The Kier molecular flexibility index (Phi) is 6.47. The molecule has 1 N–H and O–H groups in total. The van der Waals surface area contributed by atoms with Gasteiger partial charge in [0.05, 0.1) is 12.6 Å². The number of hydrogen-bond acceptors (Lipinski definition) is 6. The summed E-state index contributed by atoms with van der Waals surface area (Å²) < 4.78 is 12.3. The van der Waals surface area contributed by atoms with Gasteiger partial charge >= 0.3 is 5.97 Å². The summed E-state index contributed by atoms with van der Waals surface area (Å²) in [6.45, 7) is -0.519. The first-order valence-electron chi connectivity index (χ1n) is 11.2. The topological polar surface area (TPSA) is 85.7 Å². The molecule has 0 spiro atoms. The predicted molar refractivity (Wildman–Crippen MR) is 142 cm³/mol. The van der Waals surface area contributed by atoms with Gasteiger partial charge in [-0.3, -0.25) is 9.78 Å². The van der Waals surface area contributed by atoms with Crippen LogP contribution in [-0.4, -0.2) is 35.6 Å². The molecule has 0 bridgehead atoms. The summed E-state index contributed by atoms with van der Waals surface area (Å²) in [5.74, 6) is -0.442. The molecule has 5 aromatic rings. The molecule has 0 radical (unpaired) electrons. The van der Waals surface area contributed by atoms with Crippen LogP contribution in [-0.2, 0) is 4.79 Å². The summed E-state index contributed by atoms with van der Waals surface area (Å²) in [4.78, 5) is 29.6. The zero-order valence-corrected chi connectivity index (χ0v) is 20.1. The van der Waals surface area contributed by atoms with Crippen LogP contribution in [0.15, 0.2) is 85.1 Å². The molecule has 36 heavy (non-hydrogen) atoms. The Balaban J connectivity index is 1.58. The average Bonchev–Trinajstić information content (AvgIpc) is 3.34. The summed E-state index contributed by atoms with van der Waals surface area (Å²) in [7, 11) is 1.56. The van der Waals surface area contributed by atoms with Crippen molar-refractivity contribution in [3.05, 3.63) is 96.2 Å². The highest BCUT2D eigenvalue weighted by Gasteiger charge is 2.16. The number of nitrogens with zero attached hydrogens (tertiary/aromatic N) is 1. The van der Waals surface area contributed by atoms with Gasteiger partial charge < -0.3 is 14.6 Å². The Hall–Kier alpha value is -4.49. The largest absolute Gasteiger partial charge is 0.496 e. The fourth-order valence-corrected chi connectivity index (χ4v) is 5.11. The van der Waals surface area contributed by atoms with Gasteiger partial charge in [-0.05, 0) is 47.9 Å². The fraction of sp³-hybridized carbons (Fsp3) is 0.0690. The number of aliphatic carboxylic acids is 1. The van der Waals surface area contributed by atoms with Crippen LogP contribution in [0.25, 0.3) is 37.5 Å². The monoisotopic (exact) mass is 495 g/mol. The van der Waals surface area contributed by atoms with Crippen molar-refractivity contribution in [3.8, 4) is 21.9 Å². The second-order valence-electron chi connectivity index (χ2n) is 7.99. The van der Waals surface area contributed by atoms with Crippen molar-refractivity contribution in [2.75, 3.05) is 13.7 Å². The number of benzene rings is 3. The van der Waals surface area contributed by atoms with E-state index in [0.29, 0.717) is 22.6 Å². The molecule has 178 valence electrons. The molecule has 0 aliphatic heterocycles. The van der Waals surface area contributed by atoms with E-state index in [4.69, 9.17) is 14.6 Å². The SMILES string of the molecule is COc1cc(OCC(=O)O)c(/C=C/C(=O)c2cccc3ncccc23)cc1-c1cc2ccccc2s1. The van der Waals surface area contributed by atoms with E-state index in [1.165, 1.54) is 6.08 Å². The van der Waals surface area contributed by atoms with Gasteiger partial charge in [0.1, 0.15) is 11.5 Å². The summed E-state index contributed by atoms with van der Waals surface area (Å²) in [5, 5.41) is 11.0. The van der Waals surface area contributed by atoms with E-state index < -0.39 is 12.6 Å². The van der Waals surface area contributed by atoms with Crippen LogP contribution < -0.4 is 9.47 Å². The quantitative estimate of drug-likeness (QED) is 0.196. The number of aromatic nitrogens is 1. The van der Waals surface area contributed by atoms with Crippen LogP contribution in [0.4, 0.5) is 0 Å². The van der Waals surface area contributed by atoms with Gasteiger partial charge in [0.15, 0.2) is 12.4 Å². The highest BCUT2D eigenvalue weighted by molar-refractivity contribution is 7.22. The molecular weight excluding hydrogens is 474 g/mol. The normalized spacial score (nSPS) is 11.2. The number of carbonyl (C=O) groups excluding carboxylic acids is 1. The summed E-state index contributed by atoms with van der Waals surface area (Å²) in [5.41, 5.74) is 2.65. The molecule has 0 saturated heterocycles. The van der Waals surface area contributed by atoms with E-state index in [9.17, 15) is 9.59 Å². The number of fused-ring (bicyclic) bond motifs is 2. The summed E-state index contributed by atoms with van der Waals surface area (Å²) >= 11 is 1.62. The minimum absolute atomic E-state index is 0.197. The van der Waals surface area contributed by atoms with Crippen LogP contribution in [0, 0.1) is 0 Å². The highest BCUT2D eigenvalue weighted by Crippen LogP contribution is 2.41. The molecule has 0 atom stereocenters. The number of rotatable bonds is 8. The van der Waals surface area contributed by atoms with Crippen molar-refractivity contribution in [1.82, 2.24) is 4.98 Å². The number of pyridine rings is 1. The third kappa shape index (κ3) is 4.69. The summed E-state index contributed by atoms with van der Waals surface area (Å²) in [6.07, 6.45) is 4.79. The van der Waals surface area contributed by atoms with Gasteiger partial charge in [0.2, 0.25) is 0 Å². The van der Waals surface area contributed by atoms with E-state index in [1.807, 2.05) is 36.4 Å². The molecule has 2 heterocycles. The second-order valence-corrected chi connectivity index (χ2v) is 9.08. The second kappa shape index (κ2) is 10.0. The Labute approximate surface area is 211 Å². The lowest BCUT2D eigenvalue weighted by atomic mass is 10.0. The lowest BCUT2D eigenvalue weighted by Crippen LogP contribution is -2.10. The minimum atomic E-state index is -1.10. The predicted octanol–water partition coefficient (Wildman–Crippen LogP) is 6.48. The molecule has 0 aliphatic carbocycles. The zero-order valence-electron chi connectivity index (χ0n) is 19.3. The molecule has 0 amide bonds. The van der Waals surface area contributed by atoms with Gasteiger partial charge in [-0.25, -0.2) is 4.79 Å². The van der Waals surface area contributed by atoms with E-state index in [1.54, 1.807) is 55.0 Å². The number of thiophene rings is 1. The molecule has 3 aromatic carbocycles. The molecule has 5 rings (SSSR count). The van der Waals surface area contributed by atoms with Crippen molar-refractivity contribution in [2.24, 2.45) is 0 Å². The molecule has 0 unspecified atom stereocenters. The lowest BCUT2D eigenvalue weighted by molar-refractivity contribution is -0.139. The van der Waals surface area contributed by atoms with Crippen molar-refractivity contribution in [3.63, 3.8) is 0 Å². The molecular formula is C29H21NO5S. The Morgan fingerprint density at radius 1 is 1.00 bits per heavy atom. The maximum Gasteiger partial charge on any atom is 0.341 e. The maximum atomic E-state index is 13.1. The van der Waals surface area contributed by atoms with E-state index >= 15 is 0 Å². The van der Waals surface area contributed by atoms with Crippen molar-refractivity contribution >= 4 is 50.2 Å². The molecule has 0 aliphatic rings. The first-order chi connectivity index (χ1) is 17.5. The van der Waals surface area contributed by atoms with E-state index in [2.05, 4.69) is 17.1 Å². The van der Waals surface area contributed by atoms with Crippen LogP contribution in [0.5, 0.6) is 11.5 Å². The van der Waals surface area contributed by atoms with E-state index in [0.717, 1.165) is 31.4 Å². The van der Waals surface area contributed by atoms with Crippen LogP contribution >= 0.6 is 11.3 Å². The van der Waals surface area contributed by atoms with Gasteiger partial charge in [-0.2, -0.15) is 0 Å². The third-order valence-electron chi connectivity index (χ3n) is 5.70. The van der Waals surface area contributed by atoms with Crippen molar-refractivity contribution in [1.29, 1.82) is 0 Å². The smallest absolute Gasteiger partial charge is 0.341 e. The van der Waals surface area contributed by atoms with Gasteiger partial charge in [-0.1, -0.05) is 36.4 Å².